The Balaban J connectivity index is 1.89. The second-order valence-corrected chi connectivity index (χ2v) is 7.99. The van der Waals surface area contributed by atoms with Crippen molar-refractivity contribution in [2.24, 2.45) is 0 Å². The average molecular weight is 417 g/mol. The zero-order valence-corrected chi connectivity index (χ0v) is 16.8. The van der Waals surface area contributed by atoms with Crippen molar-refractivity contribution >= 4 is 38.9 Å². The van der Waals surface area contributed by atoms with E-state index >= 15 is 0 Å². The summed E-state index contributed by atoms with van der Waals surface area (Å²) < 4.78 is 45.0. The van der Waals surface area contributed by atoms with Crippen molar-refractivity contribution in [1.29, 1.82) is 0 Å². The Morgan fingerprint density at radius 2 is 1.76 bits per heavy atom. The molecule has 29 heavy (non-hydrogen) atoms. The van der Waals surface area contributed by atoms with Gasteiger partial charge in [-0.05, 0) is 30.7 Å². The topological polar surface area (TPSA) is 105 Å². The normalized spacial score (nSPS) is 11.0. The lowest BCUT2D eigenvalue weighted by Crippen LogP contribution is -2.11. The third-order valence-corrected chi connectivity index (χ3v) is 4.50. The summed E-state index contributed by atoms with van der Waals surface area (Å²) in [7, 11) is -1.94. The first-order chi connectivity index (χ1) is 13.7. The molecule has 0 amide bonds. The third kappa shape index (κ3) is 5.32. The quantitative estimate of drug-likeness (QED) is 0.537. The first-order valence-corrected chi connectivity index (χ1v) is 10.4. The Kier molecular flexibility index (Phi) is 5.83. The number of ether oxygens (including phenoxy) is 1. The van der Waals surface area contributed by atoms with Crippen LogP contribution in [0.25, 0.3) is 0 Å². The third-order valence-electron chi connectivity index (χ3n) is 3.91. The number of para-hydroxylation sites is 2. The van der Waals surface area contributed by atoms with Gasteiger partial charge in [0.1, 0.15) is 5.75 Å². The lowest BCUT2D eigenvalue weighted by atomic mass is 10.2. The fourth-order valence-corrected chi connectivity index (χ4v) is 3.08. The molecule has 152 valence electrons. The number of aryl methyl sites for hydroxylation is 1. The summed E-state index contributed by atoms with van der Waals surface area (Å²) in [5.41, 5.74) is 2.25. The maximum Gasteiger partial charge on any atom is 0.229 e. The molecule has 0 aliphatic heterocycles. The number of sulfonamides is 1. The zero-order chi connectivity index (χ0) is 21.0. The Morgan fingerprint density at radius 3 is 2.45 bits per heavy atom. The molecule has 8 nitrogen and oxygen atoms in total. The fourth-order valence-electron chi connectivity index (χ4n) is 2.51. The molecule has 1 aromatic heterocycles. The number of benzene rings is 2. The summed E-state index contributed by atoms with van der Waals surface area (Å²) in [4.78, 5) is 8.14. The van der Waals surface area contributed by atoms with E-state index in [1.165, 1.54) is 0 Å². The van der Waals surface area contributed by atoms with Gasteiger partial charge in [-0.2, -0.15) is 4.98 Å². The minimum absolute atomic E-state index is 0.106. The predicted molar refractivity (Wildman–Crippen MR) is 111 cm³/mol. The summed E-state index contributed by atoms with van der Waals surface area (Å²) in [5.74, 6) is 0.0241. The predicted octanol–water partition coefficient (Wildman–Crippen LogP) is 3.79. The van der Waals surface area contributed by atoms with Gasteiger partial charge in [0.25, 0.3) is 0 Å². The molecule has 0 spiro atoms. The molecule has 2 aromatic carbocycles. The number of aromatic nitrogens is 2. The zero-order valence-electron chi connectivity index (χ0n) is 16.0. The van der Waals surface area contributed by atoms with Gasteiger partial charge in [-0.15, -0.1) is 0 Å². The van der Waals surface area contributed by atoms with E-state index in [0.717, 1.165) is 18.0 Å². The minimum Gasteiger partial charge on any atom is -0.497 e. The van der Waals surface area contributed by atoms with Gasteiger partial charge in [0.05, 0.1) is 30.9 Å². The van der Waals surface area contributed by atoms with Crippen molar-refractivity contribution in [2.45, 2.75) is 6.92 Å². The standard InChI is InChI=1S/C19H20FN5O3S/c1-12-8-9-13(28-2)10-17(12)23-19-21-11-14(20)18(24-19)22-15-6-4-5-7-16(15)25-29(3,26)27/h4-11,25H,1-3H3,(H2,21,22,23,24). The molecule has 0 saturated heterocycles. The first kappa shape index (κ1) is 20.3. The van der Waals surface area contributed by atoms with Crippen LogP contribution in [0.15, 0.2) is 48.7 Å². The van der Waals surface area contributed by atoms with Crippen LogP contribution in [0.3, 0.4) is 0 Å². The van der Waals surface area contributed by atoms with Gasteiger partial charge < -0.3 is 15.4 Å². The van der Waals surface area contributed by atoms with Gasteiger partial charge in [-0.3, -0.25) is 4.72 Å². The van der Waals surface area contributed by atoms with Gasteiger partial charge in [0, 0.05) is 11.8 Å². The minimum atomic E-state index is -3.50. The van der Waals surface area contributed by atoms with E-state index in [0.29, 0.717) is 17.1 Å². The number of hydrogen-bond donors (Lipinski definition) is 3. The number of methoxy groups -OCH3 is 1. The smallest absolute Gasteiger partial charge is 0.229 e. The molecule has 1 heterocycles. The molecule has 0 bridgehead atoms. The number of hydrogen-bond acceptors (Lipinski definition) is 7. The molecule has 0 fully saturated rings. The number of anilines is 5. The molecular formula is C19H20FN5O3S. The summed E-state index contributed by atoms with van der Waals surface area (Å²) in [6.45, 7) is 1.90. The average Bonchev–Trinajstić information content (AvgIpc) is 2.66. The van der Waals surface area contributed by atoms with Crippen LogP contribution in [0, 0.1) is 12.7 Å². The molecule has 3 N–H and O–H groups in total. The molecule has 0 atom stereocenters. The number of rotatable bonds is 7. The summed E-state index contributed by atoms with van der Waals surface area (Å²) in [5, 5.41) is 5.84. The van der Waals surface area contributed by atoms with Gasteiger partial charge in [0.15, 0.2) is 11.6 Å². The van der Waals surface area contributed by atoms with Gasteiger partial charge in [-0.25, -0.2) is 17.8 Å². The van der Waals surface area contributed by atoms with Crippen molar-refractivity contribution in [2.75, 3.05) is 28.7 Å². The van der Waals surface area contributed by atoms with Crippen LogP contribution >= 0.6 is 0 Å². The van der Waals surface area contributed by atoms with Crippen molar-refractivity contribution in [3.05, 3.63) is 60.0 Å². The van der Waals surface area contributed by atoms with Crippen LogP contribution < -0.4 is 20.1 Å². The molecular weight excluding hydrogens is 397 g/mol. The van der Waals surface area contributed by atoms with Crippen molar-refractivity contribution < 1.29 is 17.5 Å². The number of halogens is 1. The second-order valence-electron chi connectivity index (χ2n) is 6.24. The van der Waals surface area contributed by atoms with E-state index in [2.05, 4.69) is 25.3 Å². The highest BCUT2D eigenvalue weighted by atomic mass is 32.2. The molecule has 0 saturated carbocycles. The van der Waals surface area contributed by atoms with Crippen molar-refractivity contribution in [3.63, 3.8) is 0 Å². The van der Waals surface area contributed by atoms with Crippen LogP contribution in [0.5, 0.6) is 5.75 Å². The Hall–Kier alpha value is -3.40. The monoisotopic (exact) mass is 417 g/mol. The van der Waals surface area contributed by atoms with Crippen LogP contribution in [0.1, 0.15) is 5.56 Å². The van der Waals surface area contributed by atoms with E-state index in [4.69, 9.17) is 4.74 Å². The Morgan fingerprint density at radius 1 is 1.03 bits per heavy atom. The van der Waals surface area contributed by atoms with E-state index in [1.54, 1.807) is 37.4 Å². The summed E-state index contributed by atoms with van der Waals surface area (Å²) in [6.07, 6.45) is 2.06. The van der Waals surface area contributed by atoms with Crippen LogP contribution in [-0.2, 0) is 10.0 Å². The molecule has 3 aromatic rings. The summed E-state index contributed by atoms with van der Waals surface area (Å²) >= 11 is 0. The van der Waals surface area contributed by atoms with Crippen LogP contribution in [0.4, 0.5) is 33.2 Å². The van der Waals surface area contributed by atoms with Gasteiger partial charge in [0.2, 0.25) is 16.0 Å². The van der Waals surface area contributed by atoms with Gasteiger partial charge in [-0.1, -0.05) is 18.2 Å². The Bertz CT molecular complexity index is 1140. The maximum atomic E-state index is 14.3. The van der Waals surface area contributed by atoms with Crippen LogP contribution in [0.2, 0.25) is 0 Å². The Labute approximate surface area is 168 Å². The second kappa shape index (κ2) is 8.31. The molecule has 0 unspecified atom stereocenters. The van der Waals surface area contributed by atoms with Gasteiger partial charge >= 0.3 is 0 Å². The largest absolute Gasteiger partial charge is 0.497 e. The maximum absolute atomic E-state index is 14.3. The van der Waals surface area contributed by atoms with Crippen LogP contribution in [-0.4, -0.2) is 31.8 Å². The van der Waals surface area contributed by atoms with Crippen molar-refractivity contribution in [3.8, 4) is 5.75 Å². The molecule has 0 radical (unpaired) electrons. The number of nitrogens with one attached hydrogen (secondary N) is 3. The number of nitrogens with zero attached hydrogens (tertiary/aromatic N) is 2. The lowest BCUT2D eigenvalue weighted by Gasteiger charge is -2.14. The molecule has 0 aliphatic rings. The molecule has 10 heteroatoms. The van der Waals surface area contributed by atoms with Crippen molar-refractivity contribution in [1.82, 2.24) is 9.97 Å². The SMILES string of the molecule is COc1ccc(C)c(Nc2ncc(F)c(Nc3ccccc3NS(C)(=O)=O)n2)c1. The summed E-state index contributed by atoms with van der Waals surface area (Å²) in [6, 6.07) is 12.0. The highest BCUT2D eigenvalue weighted by Crippen LogP contribution is 2.28. The highest BCUT2D eigenvalue weighted by Gasteiger charge is 2.12. The highest BCUT2D eigenvalue weighted by molar-refractivity contribution is 7.92. The first-order valence-electron chi connectivity index (χ1n) is 8.53. The fraction of sp³-hybridized carbons (Fsp3) is 0.158. The van der Waals surface area contributed by atoms with E-state index in [-0.39, 0.29) is 17.5 Å². The lowest BCUT2D eigenvalue weighted by molar-refractivity contribution is 0.415. The molecule has 3 rings (SSSR count). The molecule has 0 aliphatic carbocycles. The van der Waals surface area contributed by atoms with E-state index < -0.39 is 15.8 Å². The van der Waals surface area contributed by atoms with E-state index in [1.807, 2.05) is 19.1 Å². The van der Waals surface area contributed by atoms with E-state index in [9.17, 15) is 12.8 Å².